The number of rotatable bonds is 6. The monoisotopic (exact) mass is 172 g/mol. The molecule has 0 spiro atoms. The zero-order chi connectivity index (χ0) is 9.56. The van der Waals surface area contributed by atoms with Gasteiger partial charge in [-0.2, -0.15) is 0 Å². The first-order valence-electron chi connectivity index (χ1n) is 5.05. The number of hydrogen-bond acceptors (Lipinski definition) is 2. The molecule has 1 N–H and O–H groups in total. The van der Waals surface area contributed by atoms with Crippen LogP contribution in [0.15, 0.2) is 0 Å². The highest BCUT2D eigenvalue weighted by molar-refractivity contribution is 4.72. The van der Waals surface area contributed by atoms with Gasteiger partial charge in [-0.1, -0.05) is 27.7 Å². The summed E-state index contributed by atoms with van der Waals surface area (Å²) in [6, 6.07) is 0.630. The topological polar surface area (TPSA) is 15.3 Å². The zero-order valence-corrected chi connectivity index (χ0v) is 9.22. The highest BCUT2D eigenvalue weighted by Crippen LogP contribution is 2.03. The van der Waals surface area contributed by atoms with Crippen LogP contribution in [0.3, 0.4) is 0 Å². The molecule has 2 nitrogen and oxygen atoms in total. The average molecular weight is 172 g/mol. The van der Waals surface area contributed by atoms with Crippen molar-refractivity contribution in [3.05, 3.63) is 0 Å². The molecule has 0 saturated carbocycles. The van der Waals surface area contributed by atoms with Gasteiger partial charge in [0.1, 0.15) is 0 Å². The molecule has 74 valence electrons. The van der Waals surface area contributed by atoms with Crippen LogP contribution in [-0.4, -0.2) is 37.6 Å². The first kappa shape index (κ1) is 11.9. The molecule has 0 aliphatic carbocycles. The van der Waals surface area contributed by atoms with Crippen LogP contribution in [0.4, 0.5) is 0 Å². The van der Waals surface area contributed by atoms with Crippen LogP contribution >= 0.6 is 0 Å². The predicted octanol–water partition coefficient (Wildman–Crippen LogP) is 1.57. The zero-order valence-electron chi connectivity index (χ0n) is 9.22. The second kappa shape index (κ2) is 6.44. The Bertz CT molecular complexity index is 98.0. The van der Waals surface area contributed by atoms with Gasteiger partial charge in [-0.15, -0.1) is 0 Å². The second-order valence-corrected chi connectivity index (χ2v) is 3.63. The molecular formula is C10H24N2. The molecule has 12 heavy (non-hydrogen) atoms. The molecule has 0 aliphatic rings. The van der Waals surface area contributed by atoms with Crippen molar-refractivity contribution < 1.29 is 0 Å². The molecule has 0 radical (unpaired) electrons. The van der Waals surface area contributed by atoms with Gasteiger partial charge in [-0.25, -0.2) is 0 Å². The maximum atomic E-state index is 3.36. The van der Waals surface area contributed by atoms with Gasteiger partial charge < -0.3 is 10.2 Å². The standard InChI is InChI=1S/C10H24N2/c1-6-12(7-2)8-10(11-5)9(3)4/h9-11H,6-8H2,1-5H3/t10-/m1/s1. The fraction of sp³-hybridized carbons (Fsp3) is 1.00. The third kappa shape index (κ3) is 4.07. The molecule has 0 fully saturated rings. The highest BCUT2D eigenvalue weighted by Gasteiger charge is 2.13. The Morgan fingerprint density at radius 2 is 1.67 bits per heavy atom. The fourth-order valence-corrected chi connectivity index (χ4v) is 1.40. The van der Waals surface area contributed by atoms with Gasteiger partial charge in [0.05, 0.1) is 0 Å². The van der Waals surface area contributed by atoms with Crippen molar-refractivity contribution >= 4 is 0 Å². The van der Waals surface area contributed by atoms with E-state index in [2.05, 4.69) is 37.9 Å². The lowest BCUT2D eigenvalue weighted by atomic mass is 10.0. The lowest BCUT2D eigenvalue weighted by Crippen LogP contribution is -2.42. The van der Waals surface area contributed by atoms with Crippen LogP contribution < -0.4 is 5.32 Å². The van der Waals surface area contributed by atoms with Crippen LogP contribution in [-0.2, 0) is 0 Å². The molecule has 0 aromatic heterocycles. The van der Waals surface area contributed by atoms with Crippen LogP contribution in [0.2, 0.25) is 0 Å². The summed E-state index contributed by atoms with van der Waals surface area (Å²) in [7, 11) is 2.05. The quantitative estimate of drug-likeness (QED) is 0.654. The van der Waals surface area contributed by atoms with Crippen molar-refractivity contribution in [2.24, 2.45) is 5.92 Å². The Balaban J connectivity index is 3.82. The lowest BCUT2D eigenvalue weighted by Gasteiger charge is -2.27. The largest absolute Gasteiger partial charge is 0.315 e. The van der Waals surface area contributed by atoms with Gasteiger partial charge in [0.25, 0.3) is 0 Å². The van der Waals surface area contributed by atoms with E-state index in [0.29, 0.717) is 6.04 Å². The van der Waals surface area contributed by atoms with Crippen LogP contribution in [0.1, 0.15) is 27.7 Å². The number of nitrogens with zero attached hydrogens (tertiary/aromatic N) is 1. The summed E-state index contributed by atoms with van der Waals surface area (Å²) in [4.78, 5) is 2.46. The first-order chi connectivity index (χ1) is 5.65. The molecule has 0 bridgehead atoms. The Kier molecular flexibility index (Phi) is 6.39. The van der Waals surface area contributed by atoms with Gasteiger partial charge in [0, 0.05) is 12.6 Å². The summed E-state index contributed by atoms with van der Waals surface area (Å²) in [5.74, 6) is 0.718. The third-order valence-electron chi connectivity index (χ3n) is 2.52. The SMILES string of the molecule is CCN(CC)C[C@@H](NC)C(C)C. The molecule has 0 saturated heterocycles. The van der Waals surface area contributed by atoms with E-state index in [1.165, 1.54) is 6.54 Å². The van der Waals surface area contributed by atoms with E-state index in [9.17, 15) is 0 Å². The average Bonchev–Trinajstić information content (AvgIpc) is 2.06. The maximum absolute atomic E-state index is 3.36. The van der Waals surface area contributed by atoms with E-state index in [-0.39, 0.29) is 0 Å². The summed E-state index contributed by atoms with van der Waals surface area (Å²) in [5.41, 5.74) is 0. The van der Waals surface area contributed by atoms with Crippen LogP contribution in [0.5, 0.6) is 0 Å². The van der Waals surface area contributed by atoms with Crippen molar-refractivity contribution in [3.8, 4) is 0 Å². The molecule has 0 unspecified atom stereocenters. The van der Waals surface area contributed by atoms with Crippen molar-refractivity contribution in [3.63, 3.8) is 0 Å². The molecule has 0 aliphatic heterocycles. The van der Waals surface area contributed by atoms with E-state index in [0.717, 1.165) is 19.0 Å². The highest BCUT2D eigenvalue weighted by atomic mass is 15.1. The van der Waals surface area contributed by atoms with E-state index in [1.54, 1.807) is 0 Å². The molecule has 0 heterocycles. The van der Waals surface area contributed by atoms with E-state index in [4.69, 9.17) is 0 Å². The smallest absolute Gasteiger partial charge is 0.0214 e. The van der Waals surface area contributed by atoms with Crippen molar-refractivity contribution in [2.75, 3.05) is 26.7 Å². The Morgan fingerprint density at radius 1 is 1.17 bits per heavy atom. The fourth-order valence-electron chi connectivity index (χ4n) is 1.40. The Labute approximate surface area is 77.3 Å². The van der Waals surface area contributed by atoms with Crippen LogP contribution in [0.25, 0.3) is 0 Å². The molecule has 0 aromatic rings. The Morgan fingerprint density at radius 3 is 1.92 bits per heavy atom. The molecule has 1 atom stereocenters. The normalized spacial score (nSPS) is 14.2. The minimum Gasteiger partial charge on any atom is -0.315 e. The summed E-state index contributed by atoms with van der Waals surface area (Å²) in [6.45, 7) is 12.5. The van der Waals surface area contributed by atoms with Gasteiger partial charge >= 0.3 is 0 Å². The molecule has 2 heteroatoms. The number of hydrogen-bond donors (Lipinski definition) is 1. The van der Waals surface area contributed by atoms with E-state index < -0.39 is 0 Å². The maximum Gasteiger partial charge on any atom is 0.0214 e. The summed E-state index contributed by atoms with van der Waals surface area (Å²) >= 11 is 0. The third-order valence-corrected chi connectivity index (χ3v) is 2.52. The first-order valence-corrected chi connectivity index (χ1v) is 5.05. The van der Waals surface area contributed by atoms with Crippen molar-refractivity contribution in [1.82, 2.24) is 10.2 Å². The number of nitrogens with one attached hydrogen (secondary N) is 1. The minimum atomic E-state index is 0.630. The Hall–Kier alpha value is -0.0800. The number of likely N-dealkylation sites (N-methyl/N-ethyl adjacent to an activating group) is 2. The summed E-state index contributed by atoms with van der Waals surface area (Å²) < 4.78 is 0. The molecule has 0 rings (SSSR count). The van der Waals surface area contributed by atoms with Gasteiger partial charge in [-0.3, -0.25) is 0 Å². The van der Waals surface area contributed by atoms with E-state index >= 15 is 0 Å². The van der Waals surface area contributed by atoms with Crippen LogP contribution in [0, 0.1) is 5.92 Å². The summed E-state index contributed by atoms with van der Waals surface area (Å²) in [6.07, 6.45) is 0. The molecular weight excluding hydrogens is 148 g/mol. The van der Waals surface area contributed by atoms with Crippen molar-refractivity contribution in [2.45, 2.75) is 33.7 Å². The molecule has 0 amide bonds. The molecule has 0 aromatic carbocycles. The minimum absolute atomic E-state index is 0.630. The van der Waals surface area contributed by atoms with E-state index in [1.807, 2.05) is 7.05 Å². The predicted molar refractivity (Wildman–Crippen MR) is 55.5 cm³/mol. The van der Waals surface area contributed by atoms with Gasteiger partial charge in [-0.05, 0) is 26.1 Å². The van der Waals surface area contributed by atoms with Gasteiger partial charge in [0.2, 0.25) is 0 Å². The summed E-state index contributed by atoms with van der Waals surface area (Å²) in [5, 5.41) is 3.36. The van der Waals surface area contributed by atoms with Gasteiger partial charge in [0.15, 0.2) is 0 Å². The lowest BCUT2D eigenvalue weighted by molar-refractivity contribution is 0.242. The second-order valence-electron chi connectivity index (χ2n) is 3.63. The van der Waals surface area contributed by atoms with Crippen molar-refractivity contribution in [1.29, 1.82) is 0 Å².